The number of carbonyl (C=O) groups is 1. The van der Waals surface area contributed by atoms with Gasteiger partial charge in [-0.2, -0.15) is 0 Å². The van der Waals surface area contributed by atoms with E-state index in [1.165, 1.54) is 18.2 Å². The van der Waals surface area contributed by atoms with Gasteiger partial charge in [-0.15, -0.1) is 0 Å². The van der Waals surface area contributed by atoms with Crippen molar-refractivity contribution in [3.05, 3.63) is 41.7 Å². The highest BCUT2D eigenvalue weighted by molar-refractivity contribution is 5.95. The Morgan fingerprint density at radius 2 is 2.28 bits per heavy atom. The largest absolute Gasteiger partial charge is 0.399 e. The molecule has 1 aromatic rings. The first-order chi connectivity index (χ1) is 8.50. The van der Waals surface area contributed by atoms with Gasteiger partial charge in [0.25, 0.3) is 5.91 Å². The average Bonchev–Trinajstić information content (AvgIpc) is 2.31. The Labute approximate surface area is 106 Å². The maximum Gasteiger partial charge on any atom is 0.254 e. The summed E-state index contributed by atoms with van der Waals surface area (Å²) in [5.74, 6) is -1.09. The van der Waals surface area contributed by atoms with Crippen molar-refractivity contribution in [3.8, 4) is 0 Å². The smallest absolute Gasteiger partial charge is 0.254 e. The molecule has 1 aromatic carbocycles. The maximum atomic E-state index is 13.3. The second kappa shape index (κ2) is 6.76. The summed E-state index contributed by atoms with van der Waals surface area (Å²) >= 11 is 0. The zero-order valence-electron chi connectivity index (χ0n) is 10.3. The first-order valence-electron chi connectivity index (χ1n) is 5.56. The zero-order valence-corrected chi connectivity index (χ0v) is 10.3. The molecular formula is C13H17FN2O2. The standard InChI is InChI=1S/C13H17FN2O2/c1-9(2)8-18-6-5-16-13(17)11-7-10(15)3-4-12(11)14/h3-4,7H,1,5-6,8,15H2,2H3,(H,16,17). The number of rotatable bonds is 6. The maximum absolute atomic E-state index is 13.3. The lowest BCUT2D eigenvalue weighted by atomic mass is 10.2. The Hall–Kier alpha value is -1.88. The molecule has 0 aliphatic heterocycles. The van der Waals surface area contributed by atoms with Gasteiger partial charge in [-0.25, -0.2) is 4.39 Å². The Morgan fingerprint density at radius 1 is 1.56 bits per heavy atom. The molecule has 18 heavy (non-hydrogen) atoms. The van der Waals surface area contributed by atoms with Gasteiger partial charge in [0.05, 0.1) is 18.8 Å². The van der Waals surface area contributed by atoms with Gasteiger partial charge in [-0.05, 0) is 25.1 Å². The van der Waals surface area contributed by atoms with E-state index in [0.717, 1.165) is 5.57 Å². The van der Waals surface area contributed by atoms with Gasteiger partial charge in [-0.3, -0.25) is 4.79 Å². The fourth-order valence-electron chi connectivity index (χ4n) is 1.30. The van der Waals surface area contributed by atoms with Crippen LogP contribution in [0.5, 0.6) is 0 Å². The fourth-order valence-corrected chi connectivity index (χ4v) is 1.30. The number of hydrogen-bond acceptors (Lipinski definition) is 3. The highest BCUT2D eigenvalue weighted by Crippen LogP contribution is 2.11. The molecule has 0 spiro atoms. The minimum atomic E-state index is -0.593. The molecule has 0 aromatic heterocycles. The molecule has 5 heteroatoms. The normalized spacial score (nSPS) is 10.1. The molecule has 4 nitrogen and oxygen atoms in total. The number of anilines is 1. The van der Waals surface area contributed by atoms with Crippen LogP contribution in [0.25, 0.3) is 0 Å². The van der Waals surface area contributed by atoms with Crippen molar-refractivity contribution in [2.24, 2.45) is 0 Å². The van der Waals surface area contributed by atoms with E-state index in [9.17, 15) is 9.18 Å². The zero-order chi connectivity index (χ0) is 13.5. The van der Waals surface area contributed by atoms with E-state index in [2.05, 4.69) is 11.9 Å². The molecule has 0 bridgehead atoms. The lowest BCUT2D eigenvalue weighted by Crippen LogP contribution is -2.28. The van der Waals surface area contributed by atoms with Crippen LogP contribution in [0.3, 0.4) is 0 Å². The van der Waals surface area contributed by atoms with Crippen molar-refractivity contribution in [1.29, 1.82) is 0 Å². The average molecular weight is 252 g/mol. The molecule has 0 atom stereocenters. The molecule has 0 saturated carbocycles. The quantitative estimate of drug-likeness (QED) is 0.460. The summed E-state index contributed by atoms with van der Waals surface area (Å²) in [6.45, 7) is 6.63. The Kier molecular flexibility index (Phi) is 5.32. The van der Waals surface area contributed by atoms with E-state index >= 15 is 0 Å². The molecule has 0 radical (unpaired) electrons. The summed E-state index contributed by atoms with van der Waals surface area (Å²) in [6, 6.07) is 3.88. The van der Waals surface area contributed by atoms with Gasteiger partial charge in [0, 0.05) is 12.2 Å². The molecule has 0 fully saturated rings. The predicted molar refractivity (Wildman–Crippen MR) is 68.8 cm³/mol. The van der Waals surface area contributed by atoms with Gasteiger partial charge in [0.1, 0.15) is 5.82 Å². The number of benzene rings is 1. The third kappa shape index (κ3) is 4.55. The highest BCUT2D eigenvalue weighted by atomic mass is 19.1. The van der Waals surface area contributed by atoms with Gasteiger partial charge in [0.15, 0.2) is 0 Å². The van der Waals surface area contributed by atoms with Crippen LogP contribution < -0.4 is 11.1 Å². The molecule has 98 valence electrons. The number of nitrogens with two attached hydrogens (primary N) is 1. The van der Waals surface area contributed by atoms with Crippen LogP contribution in [-0.2, 0) is 4.74 Å². The Bertz CT molecular complexity index is 447. The molecule has 3 N–H and O–H groups in total. The van der Waals surface area contributed by atoms with Crippen LogP contribution in [-0.4, -0.2) is 25.7 Å². The number of nitrogen functional groups attached to an aromatic ring is 1. The molecule has 0 heterocycles. The van der Waals surface area contributed by atoms with E-state index in [4.69, 9.17) is 10.5 Å². The number of carbonyl (C=O) groups excluding carboxylic acids is 1. The van der Waals surface area contributed by atoms with Crippen molar-refractivity contribution >= 4 is 11.6 Å². The van der Waals surface area contributed by atoms with E-state index < -0.39 is 11.7 Å². The number of ether oxygens (including phenoxy) is 1. The number of amides is 1. The van der Waals surface area contributed by atoms with Crippen molar-refractivity contribution in [2.45, 2.75) is 6.92 Å². The molecule has 0 saturated heterocycles. The highest BCUT2D eigenvalue weighted by Gasteiger charge is 2.11. The number of nitrogens with one attached hydrogen (secondary N) is 1. The topological polar surface area (TPSA) is 64.3 Å². The summed E-state index contributed by atoms with van der Waals surface area (Å²) in [5, 5.41) is 2.55. The minimum absolute atomic E-state index is 0.0603. The fraction of sp³-hybridized carbons (Fsp3) is 0.308. The Morgan fingerprint density at radius 3 is 2.94 bits per heavy atom. The molecule has 1 rings (SSSR count). The summed E-state index contributed by atoms with van der Waals surface area (Å²) in [4.78, 5) is 11.6. The summed E-state index contributed by atoms with van der Waals surface area (Å²) < 4.78 is 18.5. The monoisotopic (exact) mass is 252 g/mol. The first-order valence-corrected chi connectivity index (χ1v) is 5.56. The predicted octanol–water partition coefficient (Wildman–Crippen LogP) is 1.73. The van der Waals surface area contributed by atoms with E-state index in [0.29, 0.717) is 25.4 Å². The number of hydrogen-bond donors (Lipinski definition) is 2. The van der Waals surface area contributed by atoms with E-state index in [1.807, 2.05) is 6.92 Å². The van der Waals surface area contributed by atoms with Crippen LogP contribution in [0.15, 0.2) is 30.4 Å². The summed E-state index contributed by atoms with van der Waals surface area (Å²) in [5.41, 5.74) is 6.69. The lowest BCUT2D eigenvalue weighted by molar-refractivity contribution is 0.0923. The van der Waals surface area contributed by atoms with Gasteiger partial charge < -0.3 is 15.8 Å². The van der Waals surface area contributed by atoms with Gasteiger partial charge in [0.2, 0.25) is 0 Å². The lowest BCUT2D eigenvalue weighted by Gasteiger charge is -2.07. The number of halogens is 1. The third-order valence-corrected chi connectivity index (χ3v) is 2.12. The SMILES string of the molecule is C=C(C)COCCNC(=O)c1cc(N)ccc1F. The second-order valence-electron chi connectivity index (χ2n) is 4.00. The minimum Gasteiger partial charge on any atom is -0.399 e. The molecule has 0 unspecified atom stereocenters. The third-order valence-electron chi connectivity index (χ3n) is 2.12. The summed E-state index contributed by atoms with van der Waals surface area (Å²) in [6.07, 6.45) is 0. The van der Waals surface area contributed by atoms with Crippen LogP contribution >= 0.6 is 0 Å². The van der Waals surface area contributed by atoms with Crippen molar-refractivity contribution in [1.82, 2.24) is 5.32 Å². The van der Waals surface area contributed by atoms with E-state index in [1.54, 1.807) is 0 Å². The molecule has 0 aliphatic carbocycles. The second-order valence-corrected chi connectivity index (χ2v) is 4.00. The van der Waals surface area contributed by atoms with Crippen molar-refractivity contribution in [3.63, 3.8) is 0 Å². The van der Waals surface area contributed by atoms with Crippen LogP contribution in [0.2, 0.25) is 0 Å². The van der Waals surface area contributed by atoms with Crippen LogP contribution in [0.1, 0.15) is 17.3 Å². The van der Waals surface area contributed by atoms with Crippen LogP contribution in [0, 0.1) is 5.82 Å². The Balaban J connectivity index is 2.41. The van der Waals surface area contributed by atoms with Crippen molar-refractivity contribution in [2.75, 3.05) is 25.5 Å². The van der Waals surface area contributed by atoms with Crippen LogP contribution in [0.4, 0.5) is 10.1 Å². The molecule has 0 aliphatic rings. The van der Waals surface area contributed by atoms with E-state index in [-0.39, 0.29) is 5.56 Å². The molecule has 1 amide bonds. The summed E-state index contributed by atoms with van der Waals surface area (Å²) in [7, 11) is 0. The van der Waals surface area contributed by atoms with Gasteiger partial charge >= 0.3 is 0 Å². The first kappa shape index (κ1) is 14.2. The molecular weight excluding hydrogens is 235 g/mol. The van der Waals surface area contributed by atoms with Crippen molar-refractivity contribution < 1.29 is 13.9 Å². The van der Waals surface area contributed by atoms with Gasteiger partial charge in [-0.1, -0.05) is 12.2 Å².